The number of benzene rings is 1. The standard InChI is InChI=1S/C19H25N5O/c1-14-11-15-7-4-5-8-17(15)24(14)19-21-12-16(13-22-19)18(25)20-9-6-10-23(2)3/h4-5,7-8,12-14H,6,9-11H2,1-3H3,(H,20,25). The van der Waals surface area contributed by atoms with Gasteiger partial charge in [-0.1, -0.05) is 18.2 Å². The molecule has 1 amide bonds. The van der Waals surface area contributed by atoms with Gasteiger partial charge in [-0.3, -0.25) is 4.79 Å². The topological polar surface area (TPSA) is 61.4 Å². The number of nitrogens with zero attached hydrogens (tertiary/aromatic N) is 4. The molecule has 0 aliphatic carbocycles. The largest absolute Gasteiger partial charge is 0.352 e. The normalized spacial score (nSPS) is 16.2. The van der Waals surface area contributed by atoms with Gasteiger partial charge in [0.05, 0.1) is 5.56 Å². The molecule has 0 spiro atoms. The Morgan fingerprint density at radius 3 is 2.72 bits per heavy atom. The number of anilines is 2. The Morgan fingerprint density at radius 2 is 2.00 bits per heavy atom. The number of nitrogens with one attached hydrogen (secondary N) is 1. The van der Waals surface area contributed by atoms with Crippen molar-refractivity contribution < 1.29 is 4.79 Å². The fourth-order valence-electron chi connectivity index (χ4n) is 3.13. The molecule has 2 aromatic rings. The summed E-state index contributed by atoms with van der Waals surface area (Å²) in [4.78, 5) is 25.3. The van der Waals surface area contributed by atoms with Gasteiger partial charge in [0.1, 0.15) is 0 Å². The number of para-hydroxylation sites is 1. The van der Waals surface area contributed by atoms with Gasteiger partial charge in [0.15, 0.2) is 0 Å². The highest BCUT2D eigenvalue weighted by atomic mass is 16.1. The first kappa shape index (κ1) is 17.4. The quantitative estimate of drug-likeness (QED) is 0.818. The lowest BCUT2D eigenvalue weighted by atomic mass is 10.1. The van der Waals surface area contributed by atoms with Gasteiger partial charge in [0, 0.05) is 30.7 Å². The summed E-state index contributed by atoms with van der Waals surface area (Å²) in [6.07, 6.45) is 5.11. The zero-order valence-corrected chi connectivity index (χ0v) is 15.1. The molecule has 1 aromatic carbocycles. The molecule has 3 rings (SSSR count). The van der Waals surface area contributed by atoms with E-state index in [1.807, 2.05) is 20.2 Å². The van der Waals surface area contributed by atoms with E-state index in [0.717, 1.165) is 25.1 Å². The van der Waals surface area contributed by atoms with Gasteiger partial charge in [-0.2, -0.15) is 0 Å². The Balaban J connectivity index is 1.65. The van der Waals surface area contributed by atoms with E-state index < -0.39 is 0 Å². The maximum atomic E-state index is 12.2. The number of rotatable bonds is 6. The van der Waals surface area contributed by atoms with Gasteiger partial charge in [-0.05, 0) is 52.0 Å². The molecule has 25 heavy (non-hydrogen) atoms. The van der Waals surface area contributed by atoms with Crippen LogP contribution < -0.4 is 10.2 Å². The van der Waals surface area contributed by atoms with Crippen LogP contribution in [0.15, 0.2) is 36.7 Å². The van der Waals surface area contributed by atoms with Gasteiger partial charge in [-0.25, -0.2) is 9.97 Å². The fraction of sp³-hybridized carbons (Fsp3) is 0.421. The highest BCUT2D eigenvalue weighted by Gasteiger charge is 2.28. The third kappa shape index (κ3) is 3.96. The number of aromatic nitrogens is 2. The predicted molar refractivity (Wildman–Crippen MR) is 99.3 cm³/mol. The molecular formula is C19H25N5O. The van der Waals surface area contributed by atoms with Crippen LogP contribution in [-0.4, -0.2) is 54.0 Å². The molecule has 1 N–H and O–H groups in total. The van der Waals surface area contributed by atoms with E-state index in [-0.39, 0.29) is 5.91 Å². The average molecular weight is 339 g/mol. The Bertz CT molecular complexity index is 729. The van der Waals surface area contributed by atoms with Crippen LogP contribution in [0.5, 0.6) is 0 Å². The van der Waals surface area contributed by atoms with Crippen molar-refractivity contribution in [2.45, 2.75) is 25.8 Å². The van der Waals surface area contributed by atoms with Crippen molar-refractivity contribution in [3.63, 3.8) is 0 Å². The molecule has 1 atom stereocenters. The van der Waals surface area contributed by atoms with Crippen molar-refractivity contribution in [1.29, 1.82) is 0 Å². The molecule has 0 saturated heterocycles. The molecule has 6 heteroatoms. The predicted octanol–water partition coefficient (Wildman–Crippen LogP) is 2.24. The van der Waals surface area contributed by atoms with Gasteiger partial charge in [0.2, 0.25) is 5.95 Å². The first-order valence-corrected chi connectivity index (χ1v) is 8.68. The van der Waals surface area contributed by atoms with Crippen molar-refractivity contribution >= 4 is 17.5 Å². The van der Waals surface area contributed by atoms with Crippen LogP contribution in [0.4, 0.5) is 11.6 Å². The minimum atomic E-state index is -0.125. The molecule has 1 unspecified atom stereocenters. The monoisotopic (exact) mass is 339 g/mol. The smallest absolute Gasteiger partial charge is 0.254 e. The number of hydrogen-bond donors (Lipinski definition) is 1. The summed E-state index contributed by atoms with van der Waals surface area (Å²) >= 11 is 0. The van der Waals surface area contributed by atoms with E-state index in [9.17, 15) is 4.79 Å². The van der Waals surface area contributed by atoms with Crippen molar-refractivity contribution in [2.24, 2.45) is 0 Å². The number of carbonyl (C=O) groups excluding carboxylic acids is 1. The van der Waals surface area contributed by atoms with Gasteiger partial charge in [-0.15, -0.1) is 0 Å². The first-order valence-electron chi connectivity index (χ1n) is 8.68. The van der Waals surface area contributed by atoms with Gasteiger partial charge < -0.3 is 15.1 Å². The summed E-state index contributed by atoms with van der Waals surface area (Å²) in [7, 11) is 4.04. The maximum absolute atomic E-state index is 12.2. The molecule has 132 valence electrons. The van der Waals surface area contributed by atoms with Crippen LogP contribution in [0, 0.1) is 0 Å². The van der Waals surface area contributed by atoms with Gasteiger partial charge in [0.25, 0.3) is 5.91 Å². The Kier molecular flexibility index (Phi) is 5.28. The van der Waals surface area contributed by atoms with Gasteiger partial charge >= 0.3 is 0 Å². The van der Waals surface area contributed by atoms with Crippen LogP contribution >= 0.6 is 0 Å². The highest BCUT2D eigenvalue weighted by Crippen LogP contribution is 2.35. The summed E-state index contributed by atoms with van der Waals surface area (Å²) in [6.45, 7) is 3.76. The Hall–Kier alpha value is -2.47. The number of carbonyl (C=O) groups is 1. The van der Waals surface area contributed by atoms with Crippen molar-refractivity contribution in [3.05, 3.63) is 47.8 Å². The third-order valence-electron chi connectivity index (χ3n) is 4.39. The van der Waals surface area contributed by atoms with Crippen LogP contribution in [0.3, 0.4) is 0 Å². The summed E-state index contributed by atoms with van der Waals surface area (Å²) < 4.78 is 0. The first-order chi connectivity index (χ1) is 12.1. The van der Waals surface area contributed by atoms with E-state index in [0.29, 0.717) is 24.1 Å². The van der Waals surface area contributed by atoms with Crippen LogP contribution in [-0.2, 0) is 6.42 Å². The van der Waals surface area contributed by atoms with Crippen LogP contribution in [0.25, 0.3) is 0 Å². The van der Waals surface area contributed by atoms with E-state index in [1.165, 1.54) is 5.56 Å². The lowest BCUT2D eigenvalue weighted by Gasteiger charge is -2.22. The summed E-state index contributed by atoms with van der Waals surface area (Å²) in [5.74, 6) is 0.516. The molecule has 1 aliphatic rings. The average Bonchev–Trinajstić information content (AvgIpc) is 2.94. The summed E-state index contributed by atoms with van der Waals surface area (Å²) in [5, 5.41) is 2.91. The minimum absolute atomic E-state index is 0.125. The molecule has 0 fully saturated rings. The number of hydrogen-bond acceptors (Lipinski definition) is 5. The molecule has 0 bridgehead atoms. The van der Waals surface area contributed by atoms with E-state index in [1.54, 1.807) is 12.4 Å². The third-order valence-corrected chi connectivity index (χ3v) is 4.39. The Labute approximate surface area is 148 Å². The molecule has 0 saturated carbocycles. The van der Waals surface area contributed by atoms with Crippen molar-refractivity contribution in [3.8, 4) is 0 Å². The van der Waals surface area contributed by atoms with Crippen LogP contribution in [0.1, 0.15) is 29.3 Å². The second-order valence-electron chi connectivity index (χ2n) is 6.74. The van der Waals surface area contributed by atoms with Crippen molar-refractivity contribution in [1.82, 2.24) is 20.2 Å². The molecule has 6 nitrogen and oxygen atoms in total. The summed E-state index contributed by atoms with van der Waals surface area (Å²) in [6, 6.07) is 8.62. The van der Waals surface area contributed by atoms with Crippen molar-refractivity contribution in [2.75, 3.05) is 32.1 Å². The fourth-order valence-corrected chi connectivity index (χ4v) is 3.13. The van der Waals surface area contributed by atoms with E-state index in [4.69, 9.17) is 0 Å². The maximum Gasteiger partial charge on any atom is 0.254 e. The SMILES string of the molecule is CC1Cc2ccccc2N1c1ncc(C(=O)NCCCN(C)C)cn1. The zero-order valence-electron chi connectivity index (χ0n) is 15.1. The summed E-state index contributed by atoms with van der Waals surface area (Å²) in [5.41, 5.74) is 2.95. The van der Waals surface area contributed by atoms with E-state index >= 15 is 0 Å². The molecule has 0 radical (unpaired) electrons. The van der Waals surface area contributed by atoms with Crippen LogP contribution in [0.2, 0.25) is 0 Å². The van der Waals surface area contributed by atoms with E-state index in [2.05, 4.69) is 50.2 Å². The second-order valence-corrected chi connectivity index (χ2v) is 6.74. The number of amides is 1. The second kappa shape index (κ2) is 7.61. The molecule has 1 aromatic heterocycles. The number of fused-ring (bicyclic) bond motifs is 1. The lowest BCUT2D eigenvalue weighted by Crippen LogP contribution is -2.28. The minimum Gasteiger partial charge on any atom is -0.352 e. The highest BCUT2D eigenvalue weighted by molar-refractivity contribution is 5.93. The molecule has 1 aliphatic heterocycles. The zero-order chi connectivity index (χ0) is 17.8. The lowest BCUT2D eigenvalue weighted by molar-refractivity contribution is 0.0951. The molecule has 2 heterocycles. The molecular weight excluding hydrogens is 314 g/mol. The Morgan fingerprint density at radius 1 is 1.28 bits per heavy atom.